The minimum Gasteiger partial charge on any atom is -0.479 e. The number of aliphatic hydroxyl groups excluding tert-OH is 1. The van der Waals surface area contributed by atoms with Crippen molar-refractivity contribution in [3.63, 3.8) is 0 Å². The first-order valence-electron chi connectivity index (χ1n) is 3.69. The highest BCUT2D eigenvalue weighted by atomic mass is 79.9. The van der Waals surface area contributed by atoms with E-state index >= 15 is 0 Å². The van der Waals surface area contributed by atoms with Gasteiger partial charge in [-0.2, -0.15) is 0 Å². The summed E-state index contributed by atoms with van der Waals surface area (Å²) in [7, 11) is 0. The van der Waals surface area contributed by atoms with Crippen molar-refractivity contribution in [2.75, 3.05) is 0 Å². The third-order valence-corrected chi connectivity index (χ3v) is 2.25. The standard InChI is InChI=1S/C9H9BrO3/c1-5-4-6(10)2-3-7(5)8(11)9(12)13/h2-4,8,11H,1H3,(H,12,13). The molecule has 0 saturated heterocycles. The van der Waals surface area contributed by atoms with Crippen LogP contribution in [0, 0.1) is 6.92 Å². The van der Waals surface area contributed by atoms with Gasteiger partial charge in [-0.25, -0.2) is 4.79 Å². The SMILES string of the molecule is Cc1cc(Br)ccc1C(O)C(=O)O. The van der Waals surface area contributed by atoms with Gasteiger partial charge in [0.15, 0.2) is 6.10 Å². The number of carboxylic acids is 1. The van der Waals surface area contributed by atoms with Crippen LogP contribution >= 0.6 is 15.9 Å². The van der Waals surface area contributed by atoms with Crippen molar-refractivity contribution in [1.29, 1.82) is 0 Å². The predicted molar refractivity (Wildman–Crippen MR) is 51.5 cm³/mol. The van der Waals surface area contributed by atoms with E-state index in [2.05, 4.69) is 15.9 Å². The molecule has 1 atom stereocenters. The third-order valence-electron chi connectivity index (χ3n) is 1.76. The molecule has 1 unspecified atom stereocenters. The first-order chi connectivity index (χ1) is 6.02. The fourth-order valence-electron chi connectivity index (χ4n) is 1.08. The zero-order valence-electron chi connectivity index (χ0n) is 6.99. The number of aliphatic carboxylic acids is 1. The molecule has 0 aromatic heterocycles. The summed E-state index contributed by atoms with van der Waals surface area (Å²) >= 11 is 3.25. The molecule has 0 aliphatic heterocycles. The highest BCUT2D eigenvalue weighted by Gasteiger charge is 2.17. The quantitative estimate of drug-likeness (QED) is 0.836. The molecule has 3 nitrogen and oxygen atoms in total. The van der Waals surface area contributed by atoms with Crippen molar-refractivity contribution in [1.82, 2.24) is 0 Å². The summed E-state index contributed by atoms with van der Waals surface area (Å²) in [6.07, 6.45) is -1.44. The molecular formula is C9H9BrO3. The molecular weight excluding hydrogens is 236 g/mol. The molecule has 0 aliphatic rings. The molecule has 0 fully saturated rings. The van der Waals surface area contributed by atoms with Gasteiger partial charge in [-0.1, -0.05) is 22.0 Å². The summed E-state index contributed by atoms with van der Waals surface area (Å²) in [5.41, 5.74) is 1.18. The zero-order chi connectivity index (χ0) is 10.0. The van der Waals surface area contributed by atoms with E-state index in [1.165, 1.54) is 0 Å². The molecule has 0 saturated carbocycles. The Hall–Kier alpha value is -0.870. The zero-order valence-corrected chi connectivity index (χ0v) is 8.58. The van der Waals surface area contributed by atoms with Crippen LogP contribution in [0.4, 0.5) is 0 Å². The Morgan fingerprint density at radius 1 is 1.54 bits per heavy atom. The van der Waals surface area contributed by atoms with Crippen LogP contribution in [0.5, 0.6) is 0 Å². The highest BCUT2D eigenvalue weighted by Crippen LogP contribution is 2.21. The molecule has 70 valence electrons. The fourth-order valence-corrected chi connectivity index (χ4v) is 1.55. The number of aliphatic hydroxyl groups is 1. The Bertz CT molecular complexity index is 336. The number of hydrogen-bond donors (Lipinski definition) is 2. The molecule has 1 rings (SSSR count). The van der Waals surface area contributed by atoms with E-state index in [4.69, 9.17) is 5.11 Å². The molecule has 4 heteroatoms. The van der Waals surface area contributed by atoms with Gasteiger partial charge in [0.05, 0.1) is 0 Å². The number of aryl methyl sites for hydroxylation is 1. The van der Waals surface area contributed by atoms with E-state index in [1.54, 1.807) is 25.1 Å². The van der Waals surface area contributed by atoms with Crippen LogP contribution in [-0.2, 0) is 4.79 Å². The van der Waals surface area contributed by atoms with Gasteiger partial charge >= 0.3 is 5.97 Å². The second kappa shape index (κ2) is 3.89. The fraction of sp³-hybridized carbons (Fsp3) is 0.222. The van der Waals surface area contributed by atoms with E-state index in [-0.39, 0.29) is 0 Å². The number of benzene rings is 1. The number of carboxylic acid groups (broad SMARTS) is 1. The van der Waals surface area contributed by atoms with Gasteiger partial charge in [0.25, 0.3) is 0 Å². The van der Waals surface area contributed by atoms with Gasteiger partial charge in [-0.15, -0.1) is 0 Å². The molecule has 1 aromatic carbocycles. The van der Waals surface area contributed by atoms with Crippen LogP contribution in [0.3, 0.4) is 0 Å². The van der Waals surface area contributed by atoms with Crippen LogP contribution in [0.1, 0.15) is 17.2 Å². The molecule has 0 aliphatic carbocycles. The predicted octanol–water partition coefficient (Wildman–Crippen LogP) is 1.88. The van der Waals surface area contributed by atoms with E-state index in [0.717, 1.165) is 10.0 Å². The first kappa shape index (κ1) is 10.2. The average Bonchev–Trinajstić information content (AvgIpc) is 2.03. The van der Waals surface area contributed by atoms with E-state index in [0.29, 0.717) is 5.56 Å². The Kier molecular flexibility index (Phi) is 3.06. The van der Waals surface area contributed by atoms with Crippen LogP contribution in [-0.4, -0.2) is 16.2 Å². The molecule has 0 amide bonds. The number of carbonyl (C=O) groups is 1. The van der Waals surface area contributed by atoms with Crippen molar-refractivity contribution in [2.24, 2.45) is 0 Å². The van der Waals surface area contributed by atoms with E-state index in [1.807, 2.05) is 0 Å². The van der Waals surface area contributed by atoms with Gasteiger partial charge in [-0.05, 0) is 30.2 Å². The van der Waals surface area contributed by atoms with Crippen LogP contribution in [0.25, 0.3) is 0 Å². The average molecular weight is 245 g/mol. The Morgan fingerprint density at radius 2 is 2.15 bits per heavy atom. The summed E-state index contributed by atoms with van der Waals surface area (Å²) in [5, 5.41) is 17.8. The lowest BCUT2D eigenvalue weighted by Crippen LogP contribution is -2.11. The normalized spacial score (nSPS) is 12.5. The van der Waals surface area contributed by atoms with E-state index in [9.17, 15) is 9.90 Å². The Balaban J connectivity index is 3.08. The minimum atomic E-state index is -1.44. The maximum atomic E-state index is 10.5. The summed E-state index contributed by atoms with van der Waals surface area (Å²) in [4.78, 5) is 10.5. The molecule has 2 N–H and O–H groups in total. The van der Waals surface area contributed by atoms with Gasteiger partial charge in [0.1, 0.15) is 0 Å². The van der Waals surface area contributed by atoms with Crippen LogP contribution in [0.2, 0.25) is 0 Å². The van der Waals surface area contributed by atoms with Crippen molar-refractivity contribution in [2.45, 2.75) is 13.0 Å². The van der Waals surface area contributed by atoms with Crippen LogP contribution in [0.15, 0.2) is 22.7 Å². The summed E-state index contributed by atoms with van der Waals surface area (Å²) in [6, 6.07) is 5.06. The first-order valence-corrected chi connectivity index (χ1v) is 4.48. The van der Waals surface area contributed by atoms with Crippen molar-refractivity contribution < 1.29 is 15.0 Å². The summed E-state index contributed by atoms with van der Waals surface area (Å²) < 4.78 is 0.867. The second-order valence-corrected chi connectivity index (χ2v) is 3.66. The third kappa shape index (κ3) is 2.29. The van der Waals surface area contributed by atoms with Gasteiger partial charge in [-0.3, -0.25) is 0 Å². The van der Waals surface area contributed by atoms with Crippen molar-refractivity contribution in [3.8, 4) is 0 Å². The summed E-state index contributed by atoms with van der Waals surface area (Å²) in [6.45, 7) is 1.76. The Morgan fingerprint density at radius 3 is 2.62 bits per heavy atom. The minimum absolute atomic E-state index is 0.427. The van der Waals surface area contributed by atoms with Crippen molar-refractivity contribution >= 4 is 21.9 Å². The lowest BCUT2D eigenvalue weighted by Gasteiger charge is -2.09. The molecule has 0 bridgehead atoms. The monoisotopic (exact) mass is 244 g/mol. The molecule has 0 radical (unpaired) electrons. The lowest BCUT2D eigenvalue weighted by molar-refractivity contribution is -0.147. The largest absolute Gasteiger partial charge is 0.479 e. The Labute approximate surface area is 84.1 Å². The summed E-state index contributed by atoms with van der Waals surface area (Å²) in [5.74, 6) is -1.23. The topological polar surface area (TPSA) is 57.5 Å². The molecule has 0 spiro atoms. The maximum absolute atomic E-state index is 10.5. The maximum Gasteiger partial charge on any atom is 0.337 e. The van der Waals surface area contributed by atoms with E-state index < -0.39 is 12.1 Å². The molecule has 1 aromatic rings. The van der Waals surface area contributed by atoms with Gasteiger partial charge in [0, 0.05) is 4.47 Å². The smallest absolute Gasteiger partial charge is 0.337 e. The van der Waals surface area contributed by atoms with Crippen molar-refractivity contribution in [3.05, 3.63) is 33.8 Å². The van der Waals surface area contributed by atoms with Crippen LogP contribution < -0.4 is 0 Å². The van der Waals surface area contributed by atoms with Gasteiger partial charge < -0.3 is 10.2 Å². The number of hydrogen-bond acceptors (Lipinski definition) is 2. The number of rotatable bonds is 2. The number of halogens is 1. The lowest BCUT2D eigenvalue weighted by atomic mass is 10.0. The molecule has 0 heterocycles. The second-order valence-electron chi connectivity index (χ2n) is 2.74. The molecule has 13 heavy (non-hydrogen) atoms. The van der Waals surface area contributed by atoms with Gasteiger partial charge in [0.2, 0.25) is 0 Å². The highest BCUT2D eigenvalue weighted by molar-refractivity contribution is 9.10.